The Labute approximate surface area is 168 Å². The number of para-hydroxylation sites is 1. The molecule has 29 heavy (non-hydrogen) atoms. The van der Waals surface area contributed by atoms with Crippen LogP contribution in [-0.4, -0.2) is 28.7 Å². The first-order valence-corrected chi connectivity index (χ1v) is 9.49. The third kappa shape index (κ3) is 5.22. The Hall–Kier alpha value is -3.61. The molecular weight excluding hydrogens is 368 g/mol. The van der Waals surface area contributed by atoms with Crippen LogP contribution in [-0.2, 0) is 20.8 Å². The summed E-state index contributed by atoms with van der Waals surface area (Å²) >= 11 is 0. The van der Waals surface area contributed by atoms with Crippen molar-refractivity contribution in [3.05, 3.63) is 60.3 Å². The monoisotopic (exact) mass is 392 g/mol. The third-order valence-electron chi connectivity index (χ3n) is 4.53. The van der Waals surface area contributed by atoms with Gasteiger partial charge in [0, 0.05) is 48.2 Å². The van der Waals surface area contributed by atoms with Crippen molar-refractivity contribution in [3.63, 3.8) is 0 Å². The second-order valence-electron chi connectivity index (χ2n) is 6.79. The number of anilines is 2. The van der Waals surface area contributed by atoms with Crippen LogP contribution in [0.5, 0.6) is 0 Å². The van der Waals surface area contributed by atoms with Crippen molar-refractivity contribution in [2.24, 2.45) is 0 Å². The number of fused-ring (bicyclic) bond motifs is 1. The molecule has 0 bridgehead atoms. The summed E-state index contributed by atoms with van der Waals surface area (Å²) in [4.78, 5) is 39.3. The van der Waals surface area contributed by atoms with Crippen LogP contribution in [0, 0.1) is 0 Å². The molecule has 0 aliphatic carbocycles. The quantitative estimate of drug-likeness (QED) is 0.496. The Morgan fingerprint density at radius 1 is 1.00 bits per heavy atom. The van der Waals surface area contributed by atoms with Gasteiger partial charge in [-0.2, -0.15) is 0 Å². The summed E-state index contributed by atoms with van der Waals surface area (Å²) in [6.45, 7) is 3.15. The Morgan fingerprint density at radius 2 is 1.72 bits per heavy atom. The molecule has 2 aromatic carbocycles. The molecule has 1 heterocycles. The maximum absolute atomic E-state index is 12.9. The first kappa shape index (κ1) is 20.1. The van der Waals surface area contributed by atoms with Gasteiger partial charge in [-0.05, 0) is 29.8 Å². The molecule has 7 nitrogen and oxygen atoms in total. The molecule has 4 N–H and O–H groups in total. The second kappa shape index (κ2) is 9.05. The molecular formula is C22H24N4O3. The number of aromatic amines is 1. The van der Waals surface area contributed by atoms with Crippen LogP contribution < -0.4 is 16.0 Å². The van der Waals surface area contributed by atoms with Crippen molar-refractivity contribution in [2.45, 2.75) is 32.7 Å². The molecule has 7 heteroatoms. The summed E-state index contributed by atoms with van der Waals surface area (Å²) in [7, 11) is 0. The molecule has 1 atom stereocenters. The van der Waals surface area contributed by atoms with Crippen LogP contribution in [0.4, 0.5) is 11.4 Å². The number of hydrogen-bond donors (Lipinski definition) is 4. The van der Waals surface area contributed by atoms with Gasteiger partial charge in [-0.25, -0.2) is 0 Å². The van der Waals surface area contributed by atoms with E-state index in [9.17, 15) is 14.4 Å². The molecule has 0 radical (unpaired) electrons. The van der Waals surface area contributed by atoms with Crippen LogP contribution in [0.15, 0.2) is 54.7 Å². The smallest absolute Gasteiger partial charge is 0.247 e. The summed E-state index contributed by atoms with van der Waals surface area (Å²) < 4.78 is 0. The zero-order valence-electron chi connectivity index (χ0n) is 16.4. The fourth-order valence-corrected chi connectivity index (χ4v) is 3.13. The Kier molecular flexibility index (Phi) is 6.29. The number of amides is 3. The highest BCUT2D eigenvalue weighted by Gasteiger charge is 2.21. The first-order valence-electron chi connectivity index (χ1n) is 9.49. The van der Waals surface area contributed by atoms with Gasteiger partial charge in [0.05, 0.1) is 0 Å². The minimum absolute atomic E-state index is 0.107. The molecule has 0 saturated heterocycles. The van der Waals surface area contributed by atoms with Gasteiger partial charge >= 0.3 is 0 Å². The van der Waals surface area contributed by atoms with Gasteiger partial charge < -0.3 is 20.9 Å². The number of nitrogens with one attached hydrogen (secondary N) is 4. The van der Waals surface area contributed by atoms with Crippen LogP contribution >= 0.6 is 0 Å². The van der Waals surface area contributed by atoms with Crippen molar-refractivity contribution >= 4 is 40.0 Å². The van der Waals surface area contributed by atoms with E-state index in [0.717, 1.165) is 16.5 Å². The lowest BCUT2D eigenvalue weighted by molar-refractivity contribution is -0.125. The van der Waals surface area contributed by atoms with Crippen molar-refractivity contribution in [3.8, 4) is 0 Å². The SMILES string of the molecule is CCC(=O)Nc1cccc(NC(=O)C(Cc2c[nH]c3ccccc23)NC(C)=O)c1. The first-order chi connectivity index (χ1) is 14.0. The minimum atomic E-state index is -0.736. The zero-order valence-corrected chi connectivity index (χ0v) is 16.4. The number of hydrogen-bond acceptors (Lipinski definition) is 3. The molecule has 150 valence electrons. The van der Waals surface area contributed by atoms with Gasteiger partial charge in [0.15, 0.2) is 0 Å². The Bertz CT molecular complexity index is 1040. The van der Waals surface area contributed by atoms with Crippen LogP contribution in [0.3, 0.4) is 0 Å². The Balaban J connectivity index is 1.76. The average Bonchev–Trinajstić information content (AvgIpc) is 3.10. The maximum atomic E-state index is 12.9. The summed E-state index contributed by atoms with van der Waals surface area (Å²) in [6, 6.07) is 14.0. The fraction of sp³-hybridized carbons (Fsp3) is 0.227. The van der Waals surface area contributed by atoms with E-state index in [-0.39, 0.29) is 17.7 Å². The normalized spacial score (nSPS) is 11.7. The van der Waals surface area contributed by atoms with Crippen LogP contribution in [0.25, 0.3) is 10.9 Å². The summed E-state index contributed by atoms with van der Waals surface area (Å²) in [6.07, 6.45) is 2.57. The molecule has 1 unspecified atom stereocenters. The second-order valence-corrected chi connectivity index (χ2v) is 6.79. The summed E-state index contributed by atoms with van der Waals surface area (Å²) in [5.74, 6) is -0.720. The molecule has 0 spiro atoms. The van der Waals surface area contributed by atoms with Crippen molar-refractivity contribution in [1.29, 1.82) is 0 Å². The minimum Gasteiger partial charge on any atom is -0.361 e. The average molecular weight is 392 g/mol. The van der Waals surface area contributed by atoms with Crippen molar-refractivity contribution in [1.82, 2.24) is 10.3 Å². The number of carbonyl (C=O) groups is 3. The fourth-order valence-electron chi connectivity index (χ4n) is 3.13. The van der Waals surface area contributed by atoms with E-state index >= 15 is 0 Å². The molecule has 0 aliphatic heterocycles. The zero-order chi connectivity index (χ0) is 20.8. The molecule has 0 aliphatic rings. The lowest BCUT2D eigenvalue weighted by atomic mass is 10.0. The van der Waals surface area contributed by atoms with Crippen molar-refractivity contribution < 1.29 is 14.4 Å². The molecule has 0 saturated carbocycles. The molecule has 0 fully saturated rings. The van der Waals surface area contributed by atoms with E-state index in [0.29, 0.717) is 24.2 Å². The highest BCUT2D eigenvalue weighted by molar-refractivity contribution is 5.98. The van der Waals surface area contributed by atoms with Crippen LogP contribution in [0.1, 0.15) is 25.8 Å². The third-order valence-corrected chi connectivity index (χ3v) is 4.53. The highest BCUT2D eigenvalue weighted by atomic mass is 16.2. The number of rotatable bonds is 7. The van der Waals surface area contributed by atoms with Gasteiger partial charge in [-0.15, -0.1) is 0 Å². The summed E-state index contributed by atoms with van der Waals surface area (Å²) in [5, 5.41) is 9.32. The van der Waals surface area contributed by atoms with Gasteiger partial charge in [0.1, 0.15) is 6.04 Å². The molecule has 3 rings (SSSR count). The standard InChI is InChI=1S/C22H24N4O3/c1-3-21(28)25-16-7-6-8-17(12-16)26-22(29)20(24-14(2)27)11-15-13-23-19-10-5-4-9-18(15)19/h4-10,12-13,20,23H,3,11H2,1-2H3,(H,24,27)(H,25,28)(H,26,29). The van der Waals surface area contributed by atoms with Gasteiger partial charge in [-0.1, -0.05) is 31.2 Å². The number of carbonyl (C=O) groups excluding carboxylic acids is 3. The number of benzene rings is 2. The number of aromatic nitrogens is 1. The lowest BCUT2D eigenvalue weighted by Crippen LogP contribution is -2.44. The topological polar surface area (TPSA) is 103 Å². The molecule has 3 aromatic rings. The highest BCUT2D eigenvalue weighted by Crippen LogP contribution is 2.20. The lowest BCUT2D eigenvalue weighted by Gasteiger charge is -2.18. The van der Waals surface area contributed by atoms with Gasteiger partial charge in [-0.3, -0.25) is 14.4 Å². The predicted octanol–water partition coefficient (Wildman–Crippen LogP) is 3.20. The Morgan fingerprint density at radius 3 is 2.45 bits per heavy atom. The van der Waals surface area contributed by atoms with E-state index < -0.39 is 6.04 Å². The largest absolute Gasteiger partial charge is 0.361 e. The van der Waals surface area contributed by atoms with E-state index in [1.165, 1.54) is 6.92 Å². The number of H-pyrrole nitrogens is 1. The van der Waals surface area contributed by atoms with E-state index in [1.807, 2.05) is 30.5 Å². The van der Waals surface area contributed by atoms with E-state index in [4.69, 9.17) is 0 Å². The molecule has 1 aromatic heterocycles. The van der Waals surface area contributed by atoms with E-state index in [2.05, 4.69) is 20.9 Å². The van der Waals surface area contributed by atoms with E-state index in [1.54, 1.807) is 31.2 Å². The summed E-state index contributed by atoms with van der Waals surface area (Å²) in [5.41, 5.74) is 3.06. The van der Waals surface area contributed by atoms with Crippen molar-refractivity contribution in [2.75, 3.05) is 10.6 Å². The predicted molar refractivity (Wildman–Crippen MR) is 114 cm³/mol. The maximum Gasteiger partial charge on any atom is 0.247 e. The van der Waals surface area contributed by atoms with Crippen LogP contribution in [0.2, 0.25) is 0 Å². The van der Waals surface area contributed by atoms with Gasteiger partial charge in [0.2, 0.25) is 17.7 Å². The molecule has 3 amide bonds. The van der Waals surface area contributed by atoms with Gasteiger partial charge in [0.25, 0.3) is 0 Å².